The lowest BCUT2D eigenvalue weighted by Crippen LogP contribution is -2.25. The van der Waals surface area contributed by atoms with E-state index in [1.165, 1.54) is 44.5 Å². The van der Waals surface area contributed by atoms with Gasteiger partial charge in [0.2, 0.25) is 26.0 Å². The smallest absolute Gasteiger partial charge is 0.248 e. The molecule has 2 rings (SSSR count). The summed E-state index contributed by atoms with van der Waals surface area (Å²) in [4.78, 5) is 12.2. The maximum atomic E-state index is 12.2. The Morgan fingerprint density at radius 2 is 1.78 bits per heavy atom. The summed E-state index contributed by atoms with van der Waals surface area (Å²) in [6.45, 7) is 3.62. The predicted molar refractivity (Wildman–Crippen MR) is 124 cm³/mol. The highest BCUT2D eigenvalue weighted by atomic mass is 32.2. The van der Waals surface area contributed by atoms with E-state index in [0.717, 1.165) is 0 Å². The van der Waals surface area contributed by atoms with E-state index in [2.05, 4.69) is 21.3 Å². The van der Waals surface area contributed by atoms with Gasteiger partial charge in [0.15, 0.2) is 0 Å². The Bertz CT molecular complexity index is 1200. The van der Waals surface area contributed by atoms with Crippen LogP contribution in [0.3, 0.4) is 0 Å². The Kier molecular flexibility index (Phi) is 8.72. The molecule has 0 aliphatic heterocycles. The van der Waals surface area contributed by atoms with Crippen molar-refractivity contribution in [2.24, 2.45) is 0 Å². The molecule has 3 N–H and O–H groups in total. The van der Waals surface area contributed by atoms with Gasteiger partial charge in [-0.1, -0.05) is 24.3 Å². The van der Waals surface area contributed by atoms with Gasteiger partial charge in [0.1, 0.15) is 10.6 Å². The molecule has 2 aromatic rings. The molecule has 9 nitrogen and oxygen atoms in total. The molecule has 0 fully saturated rings. The first-order chi connectivity index (χ1) is 15.1. The highest BCUT2D eigenvalue weighted by Gasteiger charge is 2.17. The molecule has 0 heterocycles. The summed E-state index contributed by atoms with van der Waals surface area (Å²) in [6, 6.07) is 10.9. The number of ether oxygens (including phenoxy) is 1. The molecule has 0 saturated heterocycles. The first kappa shape index (κ1) is 25.3. The largest absolute Gasteiger partial charge is 0.495 e. The van der Waals surface area contributed by atoms with Crippen molar-refractivity contribution in [3.05, 3.63) is 72.3 Å². The summed E-state index contributed by atoms with van der Waals surface area (Å²) in [5, 5.41) is 2.66. The Labute approximate surface area is 188 Å². The molecular weight excluding hydrogens is 454 g/mol. The molecule has 0 atom stereocenters. The van der Waals surface area contributed by atoms with Gasteiger partial charge in [-0.2, -0.15) is 0 Å². The predicted octanol–water partition coefficient (Wildman–Crippen LogP) is 1.86. The summed E-state index contributed by atoms with van der Waals surface area (Å²) in [7, 11) is -4.54. The molecular formula is C21H25N3O6S2. The van der Waals surface area contributed by atoms with Crippen LogP contribution in [0.4, 0.5) is 5.69 Å². The second-order valence-corrected chi connectivity index (χ2v) is 10.2. The molecule has 0 saturated carbocycles. The first-order valence-electron chi connectivity index (χ1n) is 9.38. The Morgan fingerprint density at radius 3 is 2.38 bits per heavy atom. The normalized spacial score (nSPS) is 11.9. The number of rotatable bonds is 11. The van der Waals surface area contributed by atoms with Gasteiger partial charge in [-0.25, -0.2) is 26.3 Å². The van der Waals surface area contributed by atoms with E-state index in [1.54, 1.807) is 30.3 Å². The molecule has 0 aliphatic carbocycles. The molecule has 0 spiro atoms. The lowest BCUT2D eigenvalue weighted by Gasteiger charge is -2.09. The van der Waals surface area contributed by atoms with Gasteiger partial charge < -0.3 is 10.1 Å². The highest BCUT2D eigenvalue weighted by molar-refractivity contribution is 7.89. The lowest BCUT2D eigenvalue weighted by atomic mass is 10.2. The van der Waals surface area contributed by atoms with Crippen molar-refractivity contribution in [1.29, 1.82) is 0 Å². The molecule has 1 amide bonds. The van der Waals surface area contributed by atoms with Crippen LogP contribution in [0.5, 0.6) is 5.75 Å². The molecule has 0 unspecified atom stereocenters. The molecule has 0 bridgehead atoms. The number of hydrogen-bond donors (Lipinski definition) is 3. The van der Waals surface area contributed by atoms with Crippen molar-refractivity contribution in [3.63, 3.8) is 0 Å². The molecule has 0 aromatic heterocycles. The van der Waals surface area contributed by atoms with Crippen LogP contribution >= 0.6 is 0 Å². The zero-order chi connectivity index (χ0) is 23.8. The van der Waals surface area contributed by atoms with Crippen LogP contribution in [0.2, 0.25) is 0 Å². The number of methoxy groups -OCH3 is 1. The number of amides is 1. The van der Waals surface area contributed by atoms with Crippen molar-refractivity contribution in [1.82, 2.24) is 9.44 Å². The van der Waals surface area contributed by atoms with Crippen LogP contribution in [0.1, 0.15) is 11.1 Å². The summed E-state index contributed by atoms with van der Waals surface area (Å²) >= 11 is 0. The Morgan fingerprint density at radius 1 is 1.09 bits per heavy atom. The topological polar surface area (TPSA) is 131 Å². The number of benzene rings is 2. The monoisotopic (exact) mass is 479 g/mol. The summed E-state index contributed by atoms with van der Waals surface area (Å²) in [6.07, 6.45) is 4.18. The van der Waals surface area contributed by atoms with E-state index in [-0.39, 0.29) is 22.9 Å². The SMILES string of the molecule is C=CCNS(=O)(=O)Cc1ccc(NC(=O)/C=C/c2ccc(OC)c(S(=O)(=O)NC)c2)cc1. The second kappa shape index (κ2) is 11.0. The number of sulfonamides is 2. The molecule has 11 heteroatoms. The van der Waals surface area contributed by atoms with E-state index >= 15 is 0 Å². The van der Waals surface area contributed by atoms with E-state index in [0.29, 0.717) is 16.8 Å². The Balaban J connectivity index is 2.06. The summed E-state index contributed by atoms with van der Waals surface area (Å²) in [5.74, 6) is -0.445. The number of carbonyl (C=O) groups is 1. The average molecular weight is 480 g/mol. The quantitative estimate of drug-likeness (QED) is 0.333. The van der Waals surface area contributed by atoms with Gasteiger partial charge in [-0.15, -0.1) is 6.58 Å². The minimum absolute atomic E-state index is 0.0434. The zero-order valence-corrected chi connectivity index (χ0v) is 19.3. The van der Waals surface area contributed by atoms with Gasteiger partial charge >= 0.3 is 0 Å². The van der Waals surface area contributed by atoms with Crippen molar-refractivity contribution >= 4 is 37.7 Å². The van der Waals surface area contributed by atoms with Crippen LogP contribution in [0.25, 0.3) is 6.08 Å². The van der Waals surface area contributed by atoms with E-state index in [4.69, 9.17) is 4.74 Å². The standard InChI is InChI=1S/C21H25N3O6S2/c1-4-13-23-31(26,27)15-17-5-9-18(10-6-17)24-21(25)12-8-16-7-11-19(30-3)20(14-16)32(28,29)22-2/h4-12,14,22-23H,1,13,15H2,2-3H3,(H,24,25)/b12-8+. The van der Waals surface area contributed by atoms with Crippen molar-refractivity contribution in [2.75, 3.05) is 26.0 Å². The van der Waals surface area contributed by atoms with Crippen LogP contribution in [-0.2, 0) is 30.6 Å². The third kappa shape index (κ3) is 7.31. The van der Waals surface area contributed by atoms with Gasteiger partial charge in [-0.3, -0.25) is 4.79 Å². The molecule has 172 valence electrons. The molecule has 0 radical (unpaired) electrons. The zero-order valence-electron chi connectivity index (χ0n) is 17.7. The van der Waals surface area contributed by atoms with Crippen LogP contribution in [0.15, 0.2) is 66.1 Å². The third-order valence-corrected chi connectivity index (χ3v) is 6.95. The Hall–Kier alpha value is -2.99. The van der Waals surface area contributed by atoms with E-state index < -0.39 is 26.0 Å². The minimum atomic E-state index is -3.73. The first-order valence-corrected chi connectivity index (χ1v) is 12.5. The minimum Gasteiger partial charge on any atom is -0.495 e. The average Bonchev–Trinajstić information content (AvgIpc) is 2.77. The highest BCUT2D eigenvalue weighted by Crippen LogP contribution is 2.25. The molecule has 32 heavy (non-hydrogen) atoms. The number of carbonyl (C=O) groups excluding carboxylic acids is 1. The van der Waals surface area contributed by atoms with E-state index in [1.807, 2.05) is 0 Å². The maximum Gasteiger partial charge on any atom is 0.248 e. The van der Waals surface area contributed by atoms with Crippen molar-refractivity contribution < 1.29 is 26.4 Å². The number of nitrogens with one attached hydrogen (secondary N) is 3. The van der Waals surface area contributed by atoms with Crippen LogP contribution < -0.4 is 19.5 Å². The van der Waals surface area contributed by atoms with Crippen molar-refractivity contribution in [2.45, 2.75) is 10.6 Å². The van der Waals surface area contributed by atoms with Gasteiger partial charge in [0, 0.05) is 18.3 Å². The van der Waals surface area contributed by atoms with Gasteiger partial charge in [0.05, 0.1) is 12.9 Å². The fraction of sp³-hybridized carbons (Fsp3) is 0.190. The molecule has 2 aromatic carbocycles. The van der Waals surface area contributed by atoms with Crippen molar-refractivity contribution in [3.8, 4) is 5.75 Å². The van der Waals surface area contributed by atoms with Crippen LogP contribution in [0, 0.1) is 0 Å². The fourth-order valence-corrected chi connectivity index (χ4v) is 4.65. The number of hydrogen-bond acceptors (Lipinski definition) is 6. The van der Waals surface area contributed by atoms with Gasteiger partial charge in [-0.05, 0) is 48.5 Å². The maximum absolute atomic E-state index is 12.2. The lowest BCUT2D eigenvalue weighted by molar-refractivity contribution is -0.111. The summed E-state index contributed by atoms with van der Waals surface area (Å²) in [5.41, 5.74) is 1.53. The third-order valence-electron chi connectivity index (χ3n) is 4.20. The van der Waals surface area contributed by atoms with Gasteiger partial charge in [0.25, 0.3) is 0 Å². The molecule has 0 aliphatic rings. The fourth-order valence-electron chi connectivity index (χ4n) is 2.61. The summed E-state index contributed by atoms with van der Waals surface area (Å²) < 4.78 is 57.8. The number of anilines is 1. The van der Waals surface area contributed by atoms with E-state index in [9.17, 15) is 21.6 Å². The second-order valence-electron chi connectivity index (χ2n) is 6.53. The van der Waals surface area contributed by atoms with Crippen LogP contribution in [-0.4, -0.2) is 43.4 Å².